The van der Waals surface area contributed by atoms with Gasteiger partial charge in [-0.15, -0.1) is 11.8 Å². The van der Waals surface area contributed by atoms with Gasteiger partial charge in [-0.2, -0.15) is 0 Å². The number of nitro benzene ring substituents is 1. The average molecular weight is 629 g/mol. The second kappa shape index (κ2) is 15.1. The molecule has 5 aromatic rings. The van der Waals surface area contributed by atoms with Crippen LogP contribution in [0.15, 0.2) is 150 Å². The first-order valence-electron chi connectivity index (χ1n) is 14.2. The zero-order valence-corrected chi connectivity index (χ0v) is 25.1. The number of nitrogens with zero attached hydrogens (tertiary/aromatic N) is 1. The maximum Gasteiger partial charge on any atom is 0.276 e. The first kappa shape index (κ1) is 31.4. The molecule has 0 heterocycles. The fraction of sp³-hybridized carbons (Fsp3) is 0.0278. The van der Waals surface area contributed by atoms with E-state index >= 15 is 0 Å². The summed E-state index contributed by atoms with van der Waals surface area (Å²) in [5.41, 5.74) is 1.91. The molecule has 5 rings (SSSR count). The molecule has 0 spiro atoms. The van der Waals surface area contributed by atoms with Crippen LogP contribution in [0.5, 0.6) is 0 Å². The Kier molecular flexibility index (Phi) is 10.3. The standard InChI is InChI=1S/C36H28N4O5S/c41-34(26-15-6-2-7-16-26)39-31(23-27-17-10-11-22-32(27)40(44)45)35(42)38-29-20-12-21-30(24-29)46-33(25-13-4-1-5-14-25)36(43)37-28-18-8-3-9-19-28/h1-24,33H,(H,37,43)(H,38,42)(H,39,41)/b31-23+. The molecule has 9 nitrogen and oxygen atoms in total. The van der Waals surface area contributed by atoms with Crippen molar-refractivity contribution in [3.63, 3.8) is 0 Å². The summed E-state index contributed by atoms with van der Waals surface area (Å²) in [7, 11) is 0. The van der Waals surface area contributed by atoms with Crippen molar-refractivity contribution in [3.8, 4) is 0 Å². The van der Waals surface area contributed by atoms with Gasteiger partial charge >= 0.3 is 0 Å². The second-order valence-corrected chi connectivity index (χ2v) is 11.1. The predicted octanol–water partition coefficient (Wildman–Crippen LogP) is 7.48. The number of rotatable bonds is 11. The molecule has 10 heteroatoms. The van der Waals surface area contributed by atoms with Gasteiger partial charge in [0.1, 0.15) is 10.9 Å². The number of hydrogen-bond acceptors (Lipinski definition) is 6. The Balaban J connectivity index is 1.40. The number of carbonyl (C=O) groups excluding carboxylic acids is 3. The third-order valence-electron chi connectivity index (χ3n) is 6.69. The summed E-state index contributed by atoms with van der Waals surface area (Å²) < 4.78 is 0. The maximum absolute atomic E-state index is 13.6. The van der Waals surface area contributed by atoms with Gasteiger partial charge in [0, 0.05) is 27.9 Å². The van der Waals surface area contributed by atoms with E-state index in [1.165, 1.54) is 36.0 Å². The number of thioether (sulfide) groups is 1. The summed E-state index contributed by atoms with van der Waals surface area (Å²) in [6.45, 7) is 0. The number of benzene rings is 5. The van der Waals surface area contributed by atoms with Gasteiger partial charge in [0.25, 0.3) is 17.5 Å². The predicted molar refractivity (Wildman–Crippen MR) is 180 cm³/mol. The van der Waals surface area contributed by atoms with Crippen molar-refractivity contribution in [2.45, 2.75) is 10.1 Å². The molecule has 228 valence electrons. The van der Waals surface area contributed by atoms with E-state index in [1.54, 1.807) is 54.6 Å². The molecule has 0 aliphatic carbocycles. The summed E-state index contributed by atoms with van der Waals surface area (Å²) in [4.78, 5) is 51.8. The van der Waals surface area contributed by atoms with Crippen LogP contribution in [0.1, 0.15) is 26.7 Å². The smallest absolute Gasteiger partial charge is 0.276 e. The van der Waals surface area contributed by atoms with Gasteiger partial charge in [-0.1, -0.05) is 84.9 Å². The van der Waals surface area contributed by atoms with E-state index in [9.17, 15) is 24.5 Å². The van der Waals surface area contributed by atoms with Gasteiger partial charge in [0.05, 0.1) is 10.5 Å². The van der Waals surface area contributed by atoms with Crippen LogP contribution >= 0.6 is 11.8 Å². The van der Waals surface area contributed by atoms with Gasteiger partial charge < -0.3 is 16.0 Å². The molecular weight excluding hydrogens is 600 g/mol. The largest absolute Gasteiger partial charge is 0.325 e. The van der Waals surface area contributed by atoms with Gasteiger partial charge in [-0.05, 0) is 60.2 Å². The van der Waals surface area contributed by atoms with Crippen LogP contribution in [0, 0.1) is 10.1 Å². The lowest BCUT2D eigenvalue weighted by Crippen LogP contribution is -2.30. The Labute approximate surface area is 269 Å². The van der Waals surface area contributed by atoms with Crippen LogP contribution in [-0.2, 0) is 9.59 Å². The highest BCUT2D eigenvalue weighted by atomic mass is 32.2. The van der Waals surface area contributed by atoms with Crippen molar-refractivity contribution in [1.82, 2.24) is 5.32 Å². The molecule has 46 heavy (non-hydrogen) atoms. The fourth-order valence-electron chi connectivity index (χ4n) is 4.49. The topological polar surface area (TPSA) is 130 Å². The molecule has 1 atom stereocenters. The molecule has 3 N–H and O–H groups in total. The molecule has 0 aromatic heterocycles. The van der Waals surface area contributed by atoms with Gasteiger partial charge in [-0.3, -0.25) is 24.5 Å². The number of anilines is 2. The molecule has 5 aromatic carbocycles. The van der Waals surface area contributed by atoms with Gasteiger partial charge in [0.2, 0.25) is 5.91 Å². The molecular formula is C36H28N4O5S. The van der Waals surface area contributed by atoms with Gasteiger partial charge in [0.15, 0.2) is 0 Å². The summed E-state index contributed by atoms with van der Waals surface area (Å²) in [6.07, 6.45) is 1.27. The summed E-state index contributed by atoms with van der Waals surface area (Å²) in [5, 5.41) is 19.4. The second-order valence-electron chi connectivity index (χ2n) is 9.94. The minimum absolute atomic E-state index is 0.144. The molecule has 1 unspecified atom stereocenters. The van der Waals surface area contributed by atoms with Crippen molar-refractivity contribution in [2.24, 2.45) is 0 Å². The van der Waals surface area contributed by atoms with E-state index in [0.29, 0.717) is 21.8 Å². The Morgan fingerprint density at radius 1 is 0.696 bits per heavy atom. The Hall–Kier alpha value is -6.00. The van der Waals surface area contributed by atoms with Crippen LogP contribution in [0.2, 0.25) is 0 Å². The molecule has 0 radical (unpaired) electrons. The SMILES string of the molecule is O=C(Nc1cccc(SC(C(=O)Nc2ccccc2)c2ccccc2)c1)/C(=C\c1ccccc1[N+](=O)[O-])NC(=O)c1ccccc1. The normalized spacial score (nSPS) is 11.6. The molecule has 0 aliphatic heterocycles. The van der Waals surface area contributed by atoms with Gasteiger partial charge in [-0.25, -0.2) is 0 Å². The Morgan fingerprint density at radius 3 is 2.00 bits per heavy atom. The lowest BCUT2D eigenvalue weighted by atomic mass is 10.1. The van der Waals surface area contributed by atoms with Crippen LogP contribution in [0.3, 0.4) is 0 Å². The summed E-state index contributed by atoms with van der Waals surface area (Å²) in [6, 6.07) is 39.7. The summed E-state index contributed by atoms with van der Waals surface area (Å²) >= 11 is 1.31. The van der Waals surface area contributed by atoms with E-state index < -0.39 is 22.0 Å². The van der Waals surface area contributed by atoms with Crippen LogP contribution in [-0.4, -0.2) is 22.6 Å². The fourth-order valence-corrected chi connectivity index (χ4v) is 5.57. The van der Waals surface area contributed by atoms with Crippen LogP contribution in [0.25, 0.3) is 6.08 Å². The summed E-state index contributed by atoms with van der Waals surface area (Å²) in [5.74, 6) is -1.46. The number of nitro groups is 1. The highest BCUT2D eigenvalue weighted by Crippen LogP contribution is 2.37. The minimum atomic E-state index is -0.689. The Bertz CT molecular complexity index is 1880. The monoisotopic (exact) mass is 628 g/mol. The highest BCUT2D eigenvalue weighted by Gasteiger charge is 2.23. The average Bonchev–Trinajstić information content (AvgIpc) is 3.08. The first-order chi connectivity index (χ1) is 22.4. The van der Waals surface area contributed by atoms with Crippen molar-refractivity contribution in [1.29, 1.82) is 0 Å². The van der Waals surface area contributed by atoms with Crippen LogP contribution in [0.4, 0.5) is 17.1 Å². The third kappa shape index (κ3) is 8.34. The molecule has 0 saturated carbocycles. The number of hydrogen-bond donors (Lipinski definition) is 3. The molecule has 0 saturated heterocycles. The van der Waals surface area contributed by atoms with Crippen molar-refractivity contribution >= 4 is 52.6 Å². The zero-order valence-electron chi connectivity index (χ0n) is 24.3. The van der Waals surface area contributed by atoms with Crippen molar-refractivity contribution < 1.29 is 19.3 Å². The van der Waals surface area contributed by atoms with Crippen LogP contribution < -0.4 is 16.0 Å². The number of amides is 3. The lowest BCUT2D eigenvalue weighted by Gasteiger charge is -2.18. The maximum atomic E-state index is 13.6. The minimum Gasteiger partial charge on any atom is -0.325 e. The molecule has 3 amide bonds. The number of nitrogens with one attached hydrogen (secondary N) is 3. The highest BCUT2D eigenvalue weighted by molar-refractivity contribution is 8.00. The molecule has 0 aliphatic rings. The molecule has 0 bridgehead atoms. The Morgan fingerprint density at radius 2 is 1.30 bits per heavy atom. The number of para-hydroxylation sites is 2. The van der Waals surface area contributed by atoms with E-state index in [2.05, 4.69) is 16.0 Å². The third-order valence-corrected chi connectivity index (χ3v) is 7.94. The first-order valence-corrected chi connectivity index (χ1v) is 15.1. The van der Waals surface area contributed by atoms with Crippen molar-refractivity contribution in [3.05, 3.63) is 172 Å². The number of carbonyl (C=O) groups is 3. The van der Waals surface area contributed by atoms with E-state index in [-0.39, 0.29) is 22.9 Å². The van der Waals surface area contributed by atoms with E-state index in [1.807, 2.05) is 66.7 Å². The molecule has 0 fully saturated rings. The van der Waals surface area contributed by atoms with Crippen molar-refractivity contribution in [2.75, 3.05) is 10.6 Å². The van der Waals surface area contributed by atoms with E-state index in [4.69, 9.17) is 0 Å². The lowest BCUT2D eigenvalue weighted by molar-refractivity contribution is -0.385. The zero-order chi connectivity index (χ0) is 32.3. The van der Waals surface area contributed by atoms with E-state index in [0.717, 1.165) is 5.56 Å². The quantitative estimate of drug-likeness (QED) is 0.0602.